The van der Waals surface area contributed by atoms with Crippen LogP contribution in [0.25, 0.3) is 0 Å². The van der Waals surface area contributed by atoms with Gasteiger partial charge in [0, 0.05) is 6.54 Å². The highest BCUT2D eigenvalue weighted by Gasteiger charge is 2.18. The number of nitrogens with one attached hydrogen (secondary N) is 1. The highest BCUT2D eigenvalue weighted by molar-refractivity contribution is 9.10. The van der Waals surface area contributed by atoms with Crippen LogP contribution in [0.2, 0.25) is 0 Å². The molecule has 1 aliphatic heterocycles. The number of halogens is 1. The van der Waals surface area contributed by atoms with E-state index in [-0.39, 0.29) is 11.8 Å². The van der Waals surface area contributed by atoms with Gasteiger partial charge in [-0.05, 0) is 27.6 Å². The third kappa shape index (κ3) is 1.92. The van der Waals surface area contributed by atoms with E-state index in [0.717, 1.165) is 23.2 Å². The molecule has 2 rings (SSSR count). The first-order chi connectivity index (χ1) is 6.79. The first-order valence-corrected chi connectivity index (χ1v) is 5.37. The van der Waals surface area contributed by atoms with E-state index in [0.29, 0.717) is 6.61 Å². The van der Waals surface area contributed by atoms with Gasteiger partial charge in [0.25, 0.3) is 0 Å². The molecule has 0 bridgehead atoms. The predicted octanol–water partition coefficient (Wildman–Crippen LogP) is 1.82. The Morgan fingerprint density at radius 3 is 3.07 bits per heavy atom. The molecule has 0 spiro atoms. The lowest BCUT2D eigenvalue weighted by atomic mass is 10.1. The van der Waals surface area contributed by atoms with E-state index in [4.69, 9.17) is 4.74 Å². The summed E-state index contributed by atoms with van der Waals surface area (Å²) < 4.78 is 6.12. The second-order valence-corrected chi connectivity index (χ2v) is 4.05. The van der Waals surface area contributed by atoms with Crippen molar-refractivity contribution in [3.05, 3.63) is 28.2 Å². The lowest BCUT2D eigenvalue weighted by molar-refractivity contribution is 0.0766. The Hall–Kier alpha value is -0.580. The van der Waals surface area contributed by atoms with Crippen LogP contribution in [0.15, 0.2) is 22.7 Å². The van der Waals surface area contributed by atoms with Crippen LogP contribution in [-0.2, 0) is 4.74 Å². The molecule has 1 fully saturated rings. The molecule has 4 heteroatoms. The van der Waals surface area contributed by atoms with Crippen LogP contribution >= 0.6 is 15.9 Å². The lowest BCUT2D eigenvalue weighted by Crippen LogP contribution is -2.34. The van der Waals surface area contributed by atoms with Gasteiger partial charge in [0.15, 0.2) is 0 Å². The Bertz CT molecular complexity index is 324. The van der Waals surface area contributed by atoms with Gasteiger partial charge in [0.2, 0.25) is 0 Å². The normalized spacial score (nSPS) is 22.2. The van der Waals surface area contributed by atoms with Gasteiger partial charge in [0.1, 0.15) is 5.75 Å². The predicted molar refractivity (Wildman–Crippen MR) is 57.4 cm³/mol. The largest absolute Gasteiger partial charge is 0.507 e. The maximum atomic E-state index is 9.52. The highest BCUT2D eigenvalue weighted by Crippen LogP contribution is 2.31. The molecule has 0 aliphatic carbocycles. The number of ether oxygens (including phenoxy) is 1. The first kappa shape index (κ1) is 9.96. The van der Waals surface area contributed by atoms with E-state index in [2.05, 4.69) is 21.2 Å². The summed E-state index contributed by atoms with van der Waals surface area (Å²) in [6, 6.07) is 5.66. The molecule has 0 amide bonds. The Morgan fingerprint density at radius 2 is 2.36 bits per heavy atom. The molecular formula is C10H12BrNO2. The van der Waals surface area contributed by atoms with Crippen LogP contribution in [-0.4, -0.2) is 24.9 Å². The number of phenolic OH excluding ortho intramolecular Hbond substituents is 1. The van der Waals surface area contributed by atoms with E-state index < -0.39 is 0 Å². The minimum absolute atomic E-state index is 0.172. The van der Waals surface area contributed by atoms with E-state index in [1.807, 2.05) is 12.1 Å². The van der Waals surface area contributed by atoms with Crippen molar-refractivity contribution in [3.8, 4) is 5.75 Å². The second-order valence-electron chi connectivity index (χ2n) is 3.26. The topological polar surface area (TPSA) is 41.5 Å². The zero-order chi connectivity index (χ0) is 9.97. The fourth-order valence-electron chi connectivity index (χ4n) is 1.57. The maximum Gasteiger partial charge on any atom is 0.130 e. The zero-order valence-corrected chi connectivity index (χ0v) is 9.25. The van der Waals surface area contributed by atoms with Crippen molar-refractivity contribution in [2.45, 2.75) is 6.04 Å². The highest BCUT2D eigenvalue weighted by atomic mass is 79.9. The van der Waals surface area contributed by atoms with Crippen molar-refractivity contribution < 1.29 is 9.84 Å². The van der Waals surface area contributed by atoms with E-state index in [1.165, 1.54) is 0 Å². The standard InChI is InChI=1S/C10H12BrNO2/c11-10-7(2-1-3-9(10)13)8-6-14-5-4-12-8/h1-3,8,12-13H,4-6H2/t8-/m0/s1. The van der Waals surface area contributed by atoms with Crippen molar-refractivity contribution in [1.82, 2.24) is 5.32 Å². The SMILES string of the molecule is Oc1cccc([C@@H]2COCCN2)c1Br. The van der Waals surface area contributed by atoms with Crippen molar-refractivity contribution in [2.24, 2.45) is 0 Å². The molecule has 76 valence electrons. The van der Waals surface area contributed by atoms with Crippen molar-refractivity contribution in [1.29, 1.82) is 0 Å². The summed E-state index contributed by atoms with van der Waals surface area (Å²) in [6.45, 7) is 2.27. The summed E-state index contributed by atoms with van der Waals surface area (Å²) in [5.74, 6) is 0.273. The summed E-state index contributed by atoms with van der Waals surface area (Å²) in [5, 5.41) is 12.9. The molecule has 1 atom stereocenters. The Morgan fingerprint density at radius 1 is 1.50 bits per heavy atom. The van der Waals surface area contributed by atoms with Gasteiger partial charge >= 0.3 is 0 Å². The number of hydrogen-bond acceptors (Lipinski definition) is 3. The molecule has 1 aromatic rings. The molecule has 0 saturated carbocycles. The van der Waals surface area contributed by atoms with Gasteiger partial charge < -0.3 is 15.2 Å². The summed E-state index contributed by atoms with van der Waals surface area (Å²) >= 11 is 3.37. The van der Waals surface area contributed by atoms with Crippen LogP contribution in [0.5, 0.6) is 5.75 Å². The first-order valence-electron chi connectivity index (χ1n) is 4.57. The molecule has 14 heavy (non-hydrogen) atoms. The molecule has 0 aromatic heterocycles. The van der Waals surface area contributed by atoms with Crippen LogP contribution in [0.3, 0.4) is 0 Å². The minimum atomic E-state index is 0.172. The number of benzene rings is 1. The fourth-order valence-corrected chi connectivity index (χ4v) is 2.11. The molecule has 1 aliphatic rings. The number of rotatable bonds is 1. The van der Waals surface area contributed by atoms with E-state index in [9.17, 15) is 5.11 Å². The average Bonchev–Trinajstić information content (AvgIpc) is 2.23. The van der Waals surface area contributed by atoms with Crippen LogP contribution < -0.4 is 5.32 Å². The van der Waals surface area contributed by atoms with Crippen molar-refractivity contribution in [2.75, 3.05) is 19.8 Å². The van der Waals surface area contributed by atoms with Crippen molar-refractivity contribution >= 4 is 15.9 Å². The third-order valence-electron chi connectivity index (χ3n) is 2.31. The molecule has 0 unspecified atom stereocenters. The number of phenols is 1. The lowest BCUT2D eigenvalue weighted by Gasteiger charge is -2.25. The Balaban J connectivity index is 2.26. The second kappa shape index (κ2) is 4.29. The van der Waals surface area contributed by atoms with Crippen LogP contribution in [0, 0.1) is 0 Å². The van der Waals surface area contributed by atoms with Gasteiger partial charge in [-0.25, -0.2) is 0 Å². The quantitative estimate of drug-likeness (QED) is 0.807. The number of aromatic hydroxyl groups is 1. The van der Waals surface area contributed by atoms with Gasteiger partial charge in [-0.2, -0.15) is 0 Å². The smallest absolute Gasteiger partial charge is 0.130 e. The zero-order valence-electron chi connectivity index (χ0n) is 7.66. The molecule has 1 heterocycles. The number of hydrogen-bond donors (Lipinski definition) is 2. The minimum Gasteiger partial charge on any atom is -0.507 e. The van der Waals surface area contributed by atoms with Gasteiger partial charge in [-0.1, -0.05) is 12.1 Å². The molecule has 1 saturated heterocycles. The van der Waals surface area contributed by atoms with Gasteiger partial charge in [-0.3, -0.25) is 0 Å². The van der Waals surface area contributed by atoms with E-state index >= 15 is 0 Å². The Labute approximate surface area is 91.2 Å². The summed E-state index contributed by atoms with van der Waals surface area (Å²) in [4.78, 5) is 0. The fraction of sp³-hybridized carbons (Fsp3) is 0.400. The van der Waals surface area contributed by atoms with Crippen molar-refractivity contribution in [3.63, 3.8) is 0 Å². The molecule has 3 nitrogen and oxygen atoms in total. The summed E-state index contributed by atoms with van der Waals surface area (Å²) in [7, 11) is 0. The van der Waals surface area contributed by atoms with E-state index in [1.54, 1.807) is 6.07 Å². The average molecular weight is 258 g/mol. The van der Waals surface area contributed by atoms with Crippen LogP contribution in [0.4, 0.5) is 0 Å². The molecule has 2 N–H and O–H groups in total. The third-order valence-corrected chi connectivity index (χ3v) is 3.17. The molecule has 1 aromatic carbocycles. The van der Waals surface area contributed by atoms with Crippen LogP contribution in [0.1, 0.15) is 11.6 Å². The monoisotopic (exact) mass is 257 g/mol. The Kier molecular flexibility index (Phi) is 3.05. The number of morpholine rings is 1. The maximum absolute atomic E-state index is 9.52. The molecular weight excluding hydrogens is 246 g/mol. The van der Waals surface area contributed by atoms with Gasteiger partial charge in [0.05, 0.1) is 23.7 Å². The summed E-state index contributed by atoms with van der Waals surface area (Å²) in [5.41, 5.74) is 1.05. The molecule has 0 radical (unpaired) electrons. The van der Waals surface area contributed by atoms with Gasteiger partial charge in [-0.15, -0.1) is 0 Å². The summed E-state index contributed by atoms with van der Waals surface area (Å²) in [6.07, 6.45) is 0.